The Labute approximate surface area is 125 Å². The van der Waals surface area contributed by atoms with Gasteiger partial charge in [0.1, 0.15) is 0 Å². The van der Waals surface area contributed by atoms with Crippen LogP contribution in [-0.2, 0) is 6.42 Å². The summed E-state index contributed by atoms with van der Waals surface area (Å²) in [5, 5.41) is 10.1. The van der Waals surface area contributed by atoms with Crippen molar-refractivity contribution in [2.45, 2.75) is 25.2 Å². The quantitative estimate of drug-likeness (QED) is 0.929. The molecule has 0 saturated heterocycles. The van der Waals surface area contributed by atoms with Gasteiger partial charge in [-0.2, -0.15) is 0 Å². The smallest absolute Gasteiger partial charge is 0.200 e. The van der Waals surface area contributed by atoms with Crippen molar-refractivity contribution in [3.05, 3.63) is 53.1 Å². The highest BCUT2D eigenvalue weighted by Crippen LogP contribution is 2.43. The molecule has 0 aliphatic heterocycles. The Kier molecular flexibility index (Phi) is 3.74. The zero-order valence-corrected chi connectivity index (χ0v) is 12.4. The van der Waals surface area contributed by atoms with E-state index in [1.54, 1.807) is 14.2 Å². The highest BCUT2D eigenvalue weighted by Gasteiger charge is 2.24. The van der Waals surface area contributed by atoms with Crippen LogP contribution in [0.3, 0.4) is 0 Å². The topological polar surface area (TPSA) is 38.7 Å². The van der Waals surface area contributed by atoms with Gasteiger partial charge >= 0.3 is 0 Å². The largest absolute Gasteiger partial charge is 0.502 e. The molecule has 0 fully saturated rings. The Morgan fingerprint density at radius 3 is 2.38 bits per heavy atom. The third kappa shape index (κ3) is 2.44. The van der Waals surface area contributed by atoms with E-state index in [0.717, 1.165) is 18.4 Å². The Morgan fingerprint density at radius 2 is 1.71 bits per heavy atom. The minimum atomic E-state index is 0.0628. The van der Waals surface area contributed by atoms with E-state index in [4.69, 9.17) is 9.47 Å². The lowest BCUT2D eigenvalue weighted by atomic mass is 9.79. The van der Waals surface area contributed by atoms with Gasteiger partial charge in [0.25, 0.3) is 0 Å². The van der Waals surface area contributed by atoms with Crippen molar-refractivity contribution in [2.75, 3.05) is 14.2 Å². The summed E-state index contributed by atoms with van der Waals surface area (Å²) in [7, 11) is 3.13. The lowest BCUT2D eigenvalue weighted by Crippen LogP contribution is -2.11. The third-order valence-electron chi connectivity index (χ3n) is 4.27. The maximum atomic E-state index is 10.1. The van der Waals surface area contributed by atoms with Gasteiger partial charge < -0.3 is 14.6 Å². The molecule has 1 atom stereocenters. The van der Waals surface area contributed by atoms with Crippen LogP contribution in [0.1, 0.15) is 35.4 Å². The molecule has 110 valence electrons. The molecule has 3 heteroatoms. The minimum absolute atomic E-state index is 0.0628. The number of hydrogen-bond donors (Lipinski definition) is 1. The second-order valence-corrected chi connectivity index (χ2v) is 5.42. The van der Waals surface area contributed by atoms with Crippen molar-refractivity contribution in [3.8, 4) is 17.2 Å². The van der Waals surface area contributed by atoms with Crippen LogP contribution in [0.15, 0.2) is 36.4 Å². The maximum Gasteiger partial charge on any atom is 0.200 e. The number of fused-ring (bicyclic) bond motifs is 1. The molecule has 0 radical (unpaired) electrons. The summed E-state index contributed by atoms with van der Waals surface area (Å²) in [6.07, 6.45) is 3.42. The van der Waals surface area contributed by atoms with Gasteiger partial charge in [0, 0.05) is 5.92 Å². The van der Waals surface area contributed by atoms with Crippen LogP contribution in [0.2, 0.25) is 0 Å². The van der Waals surface area contributed by atoms with Crippen LogP contribution in [0.4, 0.5) is 0 Å². The number of phenolic OH excluding ortho intramolecular Hbond substituents is 1. The molecule has 0 aromatic heterocycles. The van der Waals surface area contributed by atoms with E-state index in [1.165, 1.54) is 17.5 Å². The molecule has 2 aromatic carbocycles. The van der Waals surface area contributed by atoms with Crippen LogP contribution in [-0.4, -0.2) is 19.3 Å². The van der Waals surface area contributed by atoms with E-state index in [1.807, 2.05) is 12.1 Å². The van der Waals surface area contributed by atoms with Gasteiger partial charge in [-0.25, -0.2) is 0 Å². The van der Waals surface area contributed by atoms with Gasteiger partial charge in [-0.1, -0.05) is 24.3 Å². The number of methoxy groups -OCH3 is 2. The molecular weight excluding hydrogens is 264 g/mol. The lowest BCUT2D eigenvalue weighted by Gasteiger charge is -2.26. The molecule has 21 heavy (non-hydrogen) atoms. The molecule has 3 nitrogen and oxygen atoms in total. The van der Waals surface area contributed by atoms with E-state index >= 15 is 0 Å². The first kappa shape index (κ1) is 13.8. The average molecular weight is 284 g/mol. The zero-order valence-electron chi connectivity index (χ0n) is 12.4. The fourth-order valence-electron chi connectivity index (χ4n) is 3.22. The molecule has 1 unspecified atom stereocenters. The Hall–Kier alpha value is -2.16. The number of phenols is 1. The highest BCUT2D eigenvalue weighted by atomic mass is 16.5. The monoisotopic (exact) mass is 284 g/mol. The van der Waals surface area contributed by atoms with E-state index in [2.05, 4.69) is 24.3 Å². The number of ether oxygens (including phenoxy) is 2. The SMILES string of the molecule is COc1cc(C2CCCc3ccccc32)cc(OC)c1O. The summed E-state index contributed by atoms with van der Waals surface area (Å²) in [5.41, 5.74) is 3.92. The van der Waals surface area contributed by atoms with Crippen LogP contribution in [0.25, 0.3) is 0 Å². The summed E-state index contributed by atoms with van der Waals surface area (Å²) in [6.45, 7) is 0. The maximum absolute atomic E-state index is 10.1. The van der Waals surface area contributed by atoms with Crippen molar-refractivity contribution in [1.29, 1.82) is 0 Å². The predicted octanol–water partition coefficient (Wildman–Crippen LogP) is 3.88. The van der Waals surface area contributed by atoms with E-state index in [-0.39, 0.29) is 5.75 Å². The molecule has 1 aliphatic carbocycles. The number of aromatic hydroxyl groups is 1. The lowest BCUT2D eigenvalue weighted by molar-refractivity contribution is 0.338. The molecule has 0 heterocycles. The molecular formula is C18H20O3. The number of benzene rings is 2. The van der Waals surface area contributed by atoms with Gasteiger partial charge in [-0.15, -0.1) is 0 Å². The summed E-state index contributed by atoms with van der Waals surface area (Å²) < 4.78 is 10.6. The van der Waals surface area contributed by atoms with Crippen molar-refractivity contribution >= 4 is 0 Å². The fraction of sp³-hybridized carbons (Fsp3) is 0.333. The summed E-state index contributed by atoms with van der Waals surface area (Å²) >= 11 is 0. The second kappa shape index (κ2) is 5.68. The van der Waals surface area contributed by atoms with Gasteiger partial charge in [-0.3, -0.25) is 0 Å². The molecule has 0 saturated carbocycles. The van der Waals surface area contributed by atoms with Gasteiger partial charge in [-0.05, 0) is 48.1 Å². The Morgan fingerprint density at radius 1 is 1.05 bits per heavy atom. The molecule has 3 rings (SSSR count). The van der Waals surface area contributed by atoms with Crippen LogP contribution in [0, 0.1) is 0 Å². The average Bonchev–Trinajstić information content (AvgIpc) is 2.54. The van der Waals surface area contributed by atoms with E-state index in [9.17, 15) is 5.11 Å². The van der Waals surface area contributed by atoms with Crippen molar-refractivity contribution in [1.82, 2.24) is 0 Å². The summed E-state index contributed by atoms with van der Waals surface area (Å²) in [6, 6.07) is 12.4. The van der Waals surface area contributed by atoms with Gasteiger partial charge in [0.05, 0.1) is 14.2 Å². The van der Waals surface area contributed by atoms with Crippen molar-refractivity contribution < 1.29 is 14.6 Å². The molecule has 0 spiro atoms. The number of aryl methyl sites for hydroxylation is 1. The van der Waals surface area contributed by atoms with Gasteiger partial charge in [0.15, 0.2) is 11.5 Å². The van der Waals surface area contributed by atoms with Crippen molar-refractivity contribution in [3.63, 3.8) is 0 Å². The molecule has 2 aromatic rings. The number of hydrogen-bond acceptors (Lipinski definition) is 3. The summed E-state index contributed by atoms with van der Waals surface area (Å²) in [4.78, 5) is 0. The van der Waals surface area contributed by atoms with Crippen LogP contribution >= 0.6 is 0 Å². The standard InChI is InChI=1S/C18H20O3/c1-20-16-10-13(11-17(21-2)18(16)19)15-9-5-7-12-6-3-4-8-14(12)15/h3-4,6,8,10-11,15,19H,5,7,9H2,1-2H3. The van der Waals surface area contributed by atoms with Crippen LogP contribution < -0.4 is 9.47 Å². The van der Waals surface area contributed by atoms with Crippen molar-refractivity contribution in [2.24, 2.45) is 0 Å². The zero-order chi connectivity index (χ0) is 14.8. The first-order chi connectivity index (χ1) is 10.2. The van der Waals surface area contributed by atoms with Crippen LogP contribution in [0.5, 0.6) is 17.2 Å². The Balaban J connectivity index is 2.09. The third-order valence-corrected chi connectivity index (χ3v) is 4.27. The molecule has 0 amide bonds. The summed E-state index contributed by atoms with van der Waals surface area (Å²) in [5.74, 6) is 1.33. The first-order valence-electron chi connectivity index (χ1n) is 7.27. The normalized spacial score (nSPS) is 17.1. The predicted molar refractivity (Wildman–Crippen MR) is 82.4 cm³/mol. The van der Waals surface area contributed by atoms with E-state index < -0.39 is 0 Å². The minimum Gasteiger partial charge on any atom is -0.502 e. The van der Waals surface area contributed by atoms with E-state index in [0.29, 0.717) is 17.4 Å². The number of rotatable bonds is 3. The molecule has 1 aliphatic rings. The molecule has 1 N–H and O–H groups in total. The Bertz CT molecular complexity index is 624. The first-order valence-corrected chi connectivity index (χ1v) is 7.27. The highest BCUT2D eigenvalue weighted by molar-refractivity contribution is 5.55. The second-order valence-electron chi connectivity index (χ2n) is 5.42. The molecule has 0 bridgehead atoms. The van der Waals surface area contributed by atoms with Gasteiger partial charge in [0.2, 0.25) is 5.75 Å². The fourth-order valence-corrected chi connectivity index (χ4v) is 3.22.